The molecule has 1 saturated heterocycles. The molecule has 0 spiro atoms. The third-order valence-electron chi connectivity index (χ3n) is 4.84. The van der Waals surface area contributed by atoms with Crippen molar-refractivity contribution < 1.29 is 17.9 Å². The number of hydrogen-bond donors (Lipinski definition) is 2. The molecule has 0 amide bonds. The number of nitrogens with one attached hydrogen (secondary N) is 2. The van der Waals surface area contributed by atoms with Gasteiger partial charge in [0.15, 0.2) is 0 Å². The van der Waals surface area contributed by atoms with Gasteiger partial charge < -0.3 is 15.4 Å². The Hall–Kier alpha value is -2.21. The number of benzene rings is 2. The minimum atomic E-state index is -4.70. The highest BCUT2D eigenvalue weighted by Gasteiger charge is 2.32. The number of piperidine rings is 1. The highest BCUT2D eigenvalue weighted by atomic mass is 19.4. The van der Waals surface area contributed by atoms with Gasteiger partial charge in [-0.05, 0) is 55.1 Å². The summed E-state index contributed by atoms with van der Waals surface area (Å²) in [5, 5.41) is 6.76. The fraction of sp³-hybridized carbons (Fsp3) is 0.429. The van der Waals surface area contributed by atoms with E-state index in [0.29, 0.717) is 11.6 Å². The molecule has 146 valence electrons. The average molecular weight is 378 g/mol. The minimum absolute atomic E-state index is 0.155. The zero-order chi connectivity index (χ0) is 19.3. The molecular weight excluding hydrogens is 353 g/mol. The van der Waals surface area contributed by atoms with Gasteiger partial charge in [0.2, 0.25) is 0 Å². The van der Waals surface area contributed by atoms with Crippen LogP contribution in [0.1, 0.15) is 48.9 Å². The first kappa shape index (κ1) is 19.5. The number of anilines is 1. The van der Waals surface area contributed by atoms with Gasteiger partial charge in [-0.3, -0.25) is 0 Å². The van der Waals surface area contributed by atoms with Crippen molar-refractivity contribution in [1.29, 1.82) is 0 Å². The molecule has 6 heteroatoms. The van der Waals surface area contributed by atoms with Crippen LogP contribution in [0.3, 0.4) is 0 Å². The van der Waals surface area contributed by atoms with Gasteiger partial charge in [-0.1, -0.05) is 37.6 Å². The predicted molar refractivity (Wildman–Crippen MR) is 101 cm³/mol. The van der Waals surface area contributed by atoms with Crippen molar-refractivity contribution in [2.24, 2.45) is 0 Å². The quantitative estimate of drug-likeness (QED) is 0.689. The van der Waals surface area contributed by atoms with E-state index in [-0.39, 0.29) is 12.3 Å². The van der Waals surface area contributed by atoms with E-state index in [1.54, 1.807) is 12.1 Å². The molecule has 1 fully saturated rings. The molecule has 3 nitrogen and oxygen atoms in total. The number of ether oxygens (including phenoxy) is 1. The lowest BCUT2D eigenvalue weighted by molar-refractivity contribution is -0.274. The molecule has 1 atom stereocenters. The first-order valence-electron chi connectivity index (χ1n) is 9.39. The van der Waals surface area contributed by atoms with Gasteiger partial charge >= 0.3 is 6.36 Å². The standard InChI is InChI=1S/C21H25F3N2O/c1-2-15-9-10-20(27-21(22,23)24)17(12-15)14-26-18-7-5-6-16(13-18)19-8-3-4-11-25-19/h5-7,9-10,12-13,19,25-26H,2-4,8,11,14H2,1H3. The molecule has 1 aliphatic rings. The third-order valence-corrected chi connectivity index (χ3v) is 4.84. The predicted octanol–water partition coefficient (Wildman–Crippen LogP) is 5.57. The summed E-state index contributed by atoms with van der Waals surface area (Å²) in [6.07, 6.45) is -0.440. The van der Waals surface area contributed by atoms with Gasteiger partial charge in [-0.15, -0.1) is 13.2 Å². The van der Waals surface area contributed by atoms with E-state index >= 15 is 0 Å². The molecule has 0 bridgehead atoms. The molecule has 1 unspecified atom stereocenters. The molecular formula is C21H25F3N2O. The van der Waals surface area contributed by atoms with E-state index in [1.807, 2.05) is 19.1 Å². The maximum Gasteiger partial charge on any atom is 0.573 e. The summed E-state index contributed by atoms with van der Waals surface area (Å²) < 4.78 is 42.2. The smallest absolute Gasteiger partial charge is 0.405 e. The Morgan fingerprint density at radius 1 is 1.15 bits per heavy atom. The topological polar surface area (TPSA) is 33.3 Å². The summed E-state index contributed by atoms with van der Waals surface area (Å²) in [7, 11) is 0. The molecule has 1 aliphatic heterocycles. The van der Waals surface area contributed by atoms with E-state index in [9.17, 15) is 13.2 Å². The largest absolute Gasteiger partial charge is 0.573 e. The van der Waals surface area contributed by atoms with Crippen LogP contribution in [0.2, 0.25) is 0 Å². The Balaban J connectivity index is 1.74. The van der Waals surface area contributed by atoms with Gasteiger partial charge in [-0.25, -0.2) is 0 Å². The molecule has 2 N–H and O–H groups in total. The molecule has 2 aromatic carbocycles. The van der Waals surface area contributed by atoms with Crippen LogP contribution in [0, 0.1) is 0 Å². The Bertz CT molecular complexity index is 755. The van der Waals surface area contributed by atoms with Crippen LogP contribution in [0.5, 0.6) is 5.75 Å². The van der Waals surface area contributed by atoms with Crippen LogP contribution >= 0.6 is 0 Å². The Morgan fingerprint density at radius 2 is 2.00 bits per heavy atom. The normalized spacial score (nSPS) is 17.6. The SMILES string of the molecule is CCc1ccc(OC(F)(F)F)c(CNc2cccc(C3CCCCN3)c2)c1. The highest BCUT2D eigenvalue weighted by molar-refractivity contribution is 5.48. The number of hydrogen-bond acceptors (Lipinski definition) is 3. The number of alkyl halides is 3. The summed E-state index contributed by atoms with van der Waals surface area (Å²) in [6.45, 7) is 3.25. The van der Waals surface area contributed by atoms with Gasteiger partial charge in [0.1, 0.15) is 5.75 Å². The fourth-order valence-corrected chi connectivity index (χ4v) is 3.41. The van der Waals surface area contributed by atoms with Crippen LogP contribution in [0.15, 0.2) is 42.5 Å². The van der Waals surface area contributed by atoms with Gasteiger partial charge in [-0.2, -0.15) is 0 Å². The van der Waals surface area contributed by atoms with Gasteiger partial charge in [0.05, 0.1) is 0 Å². The van der Waals surface area contributed by atoms with Crippen molar-refractivity contribution in [1.82, 2.24) is 5.32 Å². The van der Waals surface area contributed by atoms with Crippen LogP contribution in [0.25, 0.3) is 0 Å². The van der Waals surface area contributed by atoms with Crippen molar-refractivity contribution in [2.75, 3.05) is 11.9 Å². The first-order valence-corrected chi connectivity index (χ1v) is 9.39. The molecule has 0 aliphatic carbocycles. The molecule has 0 radical (unpaired) electrons. The monoisotopic (exact) mass is 378 g/mol. The molecule has 3 rings (SSSR count). The molecule has 0 saturated carbocycles. The lowest BCUT2D eigenvalue weighted by Gasteiger charge is -2.24. The summed E-state index contributed by atoms with van der Waals surface area (Å²) >= 11 is 0. The number of rotatable bonds is 6. The van der Waals surface area contributed by atoms with Crippen molar-refractivity contribution in [3.8, 4) is 5.75 Å². The van der Waals surface area contributed by atoms with Gasteiger partial charge in [0, 0.05) is 23.8 Å². The lowest BCUT2D eigenvalue weighted by atomic mass is 9.97. The Labute approximate surface area is 157 Å². The molecule has 0 aromatic heterocycles. The van der Waals surface area contributed by atoms with Gasteiger partial charge in [0.25, 0.3) is 0 Å². The van der Waals surface area contributed by atoms with E-state index in [2.05, 4.69) is 27.5 Å². The first-order chi connectivity index (χ1) is 12.9. The highest BCUT2D eigenvalue weighted by Crippen LogP contribution is 2.29. The summed E-state index contributed by atoms with van der Waals surface area (Å²) in [4.78, 5) is 0. The summed E-state index contributed by atoms with van der Waals surface area (Å²) in [5.74, 6) is -0.155. The van der Waals surface area contributed by atoms with Crippen LogP contribution in [-0.4, -0.2) is 12.9 Å². The third kappa shape index (κ3) is 5.63. The minimum Gasteiger partial charge on any atom is -0.405 e. The van der Waals surface area contributed by atoms with Crippen molar-refractivity contribution in [3.63, 3.8) is 0 Å². The fourth-order valence-electron chi connectivity index (χ4n) is 3.41. The Kier molecular flexibility index (Phi) is 6.26. The van der Waals surface area contributed by atoms with E-state index in [1.165, 1.54) is 24.5 Å². The number of aryl methyl sites for hydroxylation is 1. The second kappa shape index (κ2) is 8.65. The Morgan fingerprint density at radius 3 is 2.70 bits per heavy atom. The van der Waals surface area contributed by atoms with E-state index in [0.717, 1.165) is 30.6 Å². The molecule has 2 aromatic rings. The van der Waals surface area contributed by atoms with Crippen LogP contribution in [-0.2, 0) is 13.0 Å². The van der Waals surface area contributed by atoms with E-state index in [4.69, 9.17) is 0 Å². The lowest BCUT2D eigenvalue weighted by Crippen LogP contribution is -2.26. The zero-order valence-corrected chi connectivity index (χ0v) is 15.4. The summed E-state index contributed by atoms with van der Waals surface area (Å²) in [6, 6.07) is 13.2. The molecule has 1 heterocycles. The maximum absolute atomic E-state index is 12.7. The van der Waals surface area contributed by atoms with Crippen LogP contribution < -0.4 is 15.4 Å². The number of halogens is 3. The average Bonchev–Trinajstić information content (AvgIpc) is 2.67. The van der Waals surface area contributed by atoms with Crippen molar-refractivity contribution >= 4 is 5.69 Å². The van der Waals surface area contributed by atoms with Crippen LogP contribution in [0.4, 0.5) is 18.9 Å². The zero-order valence-electron chi connectivity index (χ0n) is 15.4. The summed E-state index contributed by atoms with van der Waals surface area (Å²) in [5.41, 5.74) is 3.56. The van der Waals surface area contributed by atoms with Crippen molar-refractivity contribution in [3.05, 3.63) is 59.2 Å². The molecule has 27 heavy (non-hydrogen) atoms. The second-order valence-electron chi connectivity index (χ2n) is 6.82. The van der Waals surface area contributed by atoms with Crippen molar-refractivity contribution in [2.45, 2.75) is 51.6 Å². The maximum atomic E-state index is 12.7. The van der Waals surface area contributed by atoms with E-state index < -0.39 is 6.36 Å². The second-order valence-corrected chi connectivity index (χ2v) is 6.82.